The van der Waals surface area contributed by atoms with Crippen LogP contribution in [-0.4, -0.2) is 12.1 Å². The van der Waals surface area contributed by atoms with Crippen LogP contribution < -0.4 is 10.1 Å². The van der Waals surface area contributed by atoms with Crippen molar-refractivity contribution in [2.75, 3.05) is 12.4 Å². The largest absolute Gasteiger partial charge is 0.494 e. The molecule has 102 valence electrons. The number of aryl methyl sites for hydroxylation is 2. The van der Waals surface area contributed by atoms with Gasteiger partial charge in [0.05, 0.1) is 23.9 Å². The molecule has 0 aliphatic rings. The van der Waals surface area contributed by atoms with Crippen LogP contribution in [0.25, 0.3) is 0 Å². The Labute approximate surface area is 116 Å². The predicted molar refractivity (Wildman–Crippen MR) is 76.6 cm³/mol. The summed E-state index contributed by atoms with van der Waals surface area (Å²) in [4.78, 5) is 5.61. The first-order valence-corrected chi connectivity index (χ1v) is 6.87. The third-order valence-corrected chi connectivity index (χ3v) is 4.12. The fraction of sp³-hybridized carbons (Fsp3) is 0.357. The lowest BCUT2D eigenvalue weighted by atomic mass is 10.2. The summed E-state index contributed by atoms with van der Waals surface area (Å²) in [5.41, 5.74) is 1.87. The number of ether oxygens (including phenoxy) is 1. The molecule has 0 fully saturated rings. The summed E-state index contributed by atoms with van der Waals surface area (Å²) >= 11 is 1.68. The molecule has 0 saturated heterocycles. The summed E-state index contributed by atoms with van der Waals surface area (Å²) in [6.07, 6.45) is 0. The molecule has 0 bridgehead atoms. The van der Waals surface area contributed by atoms with Gasteiger partial charge >= 0.3 is 0 Å². The summed E-state index contributed by atoms with van der Waals surface area (Å²) in [5.74, 6) is -0.111. The number of benzene rings is 1. The highest BCUT2D eigenvalue weighted by molar-refractivity contribution is 7.11. The quantitative estimate of drug-likeness (QED) is 0.916. The van der Waals surface area contributed by atoms with Gasteiger partial charge in [0.25, 0.3) is 0 Å². The topological polar surface area (TPSA) is 34.1 Å². The second-order valence-corrected chi connectivity index (χ2v) is 5.63. The van der Waals surface area contributed by atoms with Gasteiger partial charge in [-0.1, -0.05) is 0 Å². The molecule has 0 aliphatic heterocycles. The molecule has 3 nitrogen and oxygen atoms in total. The van der Waals surface area contributed by atoms with E-state index < -0.39 is 0 Å². The number of nitrogens with one attached hydrogen (secondary N) is 1. The Bertz CT molecular complexity index is 583. The van der Waals surface area contributed by atoms with E-state index in [9.17, 15) is 4.39 Å². The summed E-state index contributed by atoms with van der Waals surface area (Å²) in [5, 5.41) is 4.39. The Hall–Kier alpha value is -1.62. The van der Waals surface area contributed by atoms with Crippen molar-refractivity contribution in [2.24, 2.45) is 0 Å². The Morgan fingerprint density at radius 1 is 1.37 bits per heavy atom. The van der Waals surface area contributed by atoms with Gasteiger partial charge in [-0.05, 0) is 32.9 Å². The molecular weight excluding hydrogens is 263 g/mol. The molecule has 2 rings (SSSR count). The van der Waals surface area contributed by atoms with Gasteiger partial charge in [0.1, 0.15) is 0 Å². The van der Waals surface area contributed by atoms with Crippen LogP contribution in [0.2, 0.25) is 0 Å². The second kappa shape index (κ2) is 5.57. The standard InChI is InChI=1S/C14H17FN2OS/c1-8-14(19-10(3)16-8)9(2)17-11-5-6-12(15)13(7-11)18-4/h5-7,9,17H,1-4H3. The minimum atomic E-state index is -0.356. The summed E-state index contributed by atoms with van der Waals surface area (Å²) in [6, 6.07) is 4.90. The monoisotopic (exact) mass is 280 g/mol. The number of thiazole rings is 1. The number of rotatable bonds is 4. The zero-order valence-electron chi connectivity index (χ0n) is 11.5. The molecule has 1 unspecified atom stereocenters. The molecular formula is C14H17FN2OS. The van der Waals surface area contributed by atoms with Crippen molar-refractivity contribution in [1.82, 2.24) is 4.98 Å². The van der Waals surface area contributed by atoms with Gasteiger partial charge < -0.3 is 10.1 Å². The molecule has 0 spiro atoms. The molecule has 1 aromatic carbocycles. The molecule has 1 atom stereocenters. The van der Waals surface area contributed by atoms with Crippen molar-refractivity contribution < 1.29 is 9.13 Å². The van der Waals surface area contributed by atoms with E-state index in [2.05, 4.69) is 17.2 Å². The summed E-state index contributed by atoms with van der Waals surface area (Å²) in [7, 11) is 1.46. The SMILES string of the molecule is COc1cc(NC(C)c2sc(C)nc2C)ccc1F. The molecule has 0 aliphatic carbocycles. The van der Waals surface area contributed by atoms with Gasteiger partial charge in [-0.25, -0.2) is 9.37 Å². The van der Waals surface area contributed by atoms with E-state index >= 15 is 0 Å². The first-order valence-electron chi connectivity index (χ1n) is 6.05. The van der Waals surface area contributed by atoms with Crippen molar-refractivity contribution in [2.45, 2.75) is 26.8 Å². The van der Waals surface area contributed by atoms with E-state index in [4.69, 9.17) is 4.74 Å². The zero-order chi connectivity index (χ0) is 14.0. The number of hydrogen-bond acceptors (Lipinski definition) is 4. The van der Waals surface area contributed by atoms with Gasteiger partial charge in [-0.2, -0.15) is 0 Å². The Balaban J connectivity index is 2.19. The number of halogens is 1. The predicted octanol–water partition coefficient (Wildman–Crippen LogP) is 4.08. The molecule has 1 aromatic heterocycles. The first-order chi connectivity index (χ1) is 9.01. The fourth-order valence-electron chi connectivity index (χ4n) is 2.01. The van der Waals surface area contributed by atoms with E-state index in [0.717, 1.165) is 16.4 Å². The maximum Gasteiger partial charge on any atom is 0.165 e. The molecule has 2 aromatic rings. The third-order valence-electron chi connectivity index (χ3n) is 2.87. The Morgan fingerprint density at radius 3 is 2.68 bits per heavy atom. The minimum absolute atomic E-state index is 0.126. The van der Waals surface area contributed by atoms with E-state index in [1.807, 2.05) is 13.8 Å². The third kappa shape index (κ3) is 3.04. The highest BCUT2D eigenvalue weighted by Gasteiger charge is 2.13. The number of nitrogens with zero attached hydrogens (tertiary/aromatic N) is 1. The molecule has 19 heavy (non-hydrogen) atoms. The van der Waals surface area contributed by atoms with Crippen LogP contribution in [0, 0.1) is 19.7 Å². The highest BCUT2D eigenvalue weighted by atomic mass is 32.1. The number of anilines is 1. The van der Waals surface area contributed by atoms with Crippen molar-refractivity contribution in [3.05, 3.63) is 39.6 Å². The van der Waals surface area contributed by atoms with Gasteiger partial charge in [0.2, 0.25) is 0 Å². The van der Waals surface area contributed by atoms with Gasteiger partial charge in [-0.15, -0.1) is 11.3 Å². The lowest BCUT2D eigenvalue weighted by Gasteiger charge is -2.15. The lowest BCUT2D eigenvalue weighted by molar-refractivity contribution is 0.387. The van der Waals surface area contributed by atoms with Gasteiger partial charge in [0, 0.05) is 16.6 Å². The highest BCUT2D eigenvalue weighted by Crippen LogP contribution is 2.29. The maximum absolute atomic E-state index is 13.3. The van der Waals surface area contributed by atoms with Gasteiger partial charge in [0.15, 0.2) is 11.6 Å². The van der Waals surface area contributed by atoms with Crippen molar-refractivity contribution >= 4 is 17.0 Å². The van der Waals surface area contributed by atoms with E-state index in [1.165, 1.54) is 18.1 Å². The summed E-state index contributed by atoms with van der Waals surface area (Å²) in [6.45, 7) is 6.06. The molecule has 0 radical (unpaired) electrons. The van der Waals surface area contributed by atoms with Gasteiger partial charge in [-0.3, -0.25) is 0 Å². The van der Waals surface area contributed by atoms with Crippen LogP contribution in [0.15, 0.2) is 18.2 Å². The van der Waals surface area contributed by atoms with Crippen LogP contribution in [0.3, 0.4) is 0 Å². The van der Waals surface area contributed by atoms with E-state index in [1.54, 1.807) is 23.5 Å². The van der Waals surface area contributed by atoms with Crippen molar-refractivity contribution in [1.29, 1.82) is 0 Å². The maximum atomic E-state index is 13.3. The Kier molecular flexibility index (Phi) is 4.04. The van der Waals surface area contributed by atoms with Crippen LogP contribution in [-0.2, 0) is 0 Å². The molecule has 1 heterocycles. The molecule has 5 heteroatoms. The average molecular weight is 280 g/mol. The van der Waals surface area contributed by atoms with Crippen LogP contribution in [0.4, 0.5) is 10.1 Å². The molecule has 0 amide bonds. The van der Waals surface area contributed by atoms with Crippen LogP contribution >= 0.6 is 11.3 Å². The number of aromatic nitrogens is 1. The van der Waals surface area contributed by atoms with Crippen molar-refractivity contribution in [3.63, 3.8) is 0 Å². The second-order valence-electron chi connectivity index (χ2n) is 4.40. The minimum Gasteiger partial charge on any atom is -0.494 e. The van der Waals surface area contributed by atoms with E-state index in [-0.39, 0.29) is 17.6 Å². The number of hydrogen-bond donors (Lipinski definition) is 1. The normalized spacial score (nSPS) is 12.3. The number of methoxy groups -OCH3 is 1. The van der Waals surface area contributed by atoms with E-state index in [0.29, 0.717) is 0 Å². The first kappa shape index (κ1) is 13.8. The van der Waals surface area contributed by atoms with Crippen molar-refractivity contribution in [3.8, 4) is 5.75 Å². The Morgan fingerprint density at radius 2 is 2.11 bits per heavy atom. The molecule has 0 saturated carbocycles. The molecule has 1 N–H and O–H groups in total. The summed E-state index contributed by atoms with van der Waals surface area (Å²) < 4.78 is 18.3. The fourth-order valence-corrected chi connectivity index (χ4v) is 2.94. The zero-order valence-corrected chi connectivity index (χ0v) is 12.3. The van der Waals surface area contributed by atoms with Crippen LogP contribution in [0.1, 0.15) is 28.5 Å². The average Bonchev–Trinajstić information content (AvgIpc) is 2.71. The smallest absolute Gasteiger partial charge is 0.165 e. The van der Waals surface area contributed by atoms with Crippen LogP contribution in [0.5, 0.6) is 5.75 Å². The lowest BCUT2D eigenvalue weighted by Crippen LogP contribution is -2.06.